The van der Waals surface area contributed by atoms with E-state index in [2.05, 4.69) is 21.2 Å². The van der Waals surface area contributed by atoms with E-state index in [0.29, 0.717) is 12.1 Å². The Morgan fingerprint density at radius 3 is 2.17 bits per heavy atom. The Morgan fingerprint density at radius 1 is 1.03 bits per heavy atom. The standard InChI is InChI=1S/C16H13Br2F7N2OS/c17-9-15(18,19)16(20,21)29(22,23,24,25)13-7-2-1-6-12(13)27-11-5-3-4-10(8-11)14(26)28/h1-8,27H,9H2,(H2,26,28). The van der Waals surface area contributed by atoms with Crippen LogP contribution in [0, 0.1) is 0 Å². The average molecular weight is 574 g/mol. The highest BCUT2D eigenvalue weighted by Crippen LogP contribution is 3.08. The number of alkyl halides is 5. The highest BCUT2D eigenvalue weighted by molar-refractivity contribution is 9.12. The molecule has 1 atom stereocenters. The summed E-state index contributed by atoms with van der Waals surface area (Å²) in [7, 11) is -10.6. The number of carbonyl (C=O) groups excluding carboxylic acids is 1. The third kappa shape index (κ3) is 3.83. The fraction of sp³-hybridized carbons (Fsp3) is 0.188. The van der Waals surface area contributed by atoms with Crippen LogP contribution in [-0.4, -0.2) is 21.1 Å². The molecule has 3 nitrogen and oxygen atoms in total. The topological polar surface area (TPSA) is 55.1 Å². The van der Waals surface area contributed by atoms with Crippen molar-refractivity contribution in [2.24, 2.45) is 5.73 Å². The smallest absolute Gasteiger partial charge is 0.366 e. The van der Waals surface area contributed by atoms with Gasteiger partial charge < -0.3 is 11.1 Å². The van der Waals surface area contributed by atoms with Crippen molar-refractivity contribution in [1.82, 2.24) is 0 Å². The quantitative estimate of drug-likeness (QED) is 0.269. The van der Waals surface area contributed by atoms with Crippen molar-refractivity contribution in [3.63, 3.8) is 0 Å². The van der Waals surface area contributed by atoms with E-state index in [4.69, 9.17) is 5.73 Å². The number of para-hydroxylation sites is 1. The van der Waals surface area contributed by atoms with Crippen molar-refractivity contribution < 1.29 is 33.5 Å². The van der Waals surface area contributed by atoms with E-state index in [1.54, 1.807) is 15.9 Å². The zero-order valence-corrected chi connectivity index (χ0v) is 18.1. The number of anilines is 2. The molecule has 1 unspecified atom stereocenters. The molecule has 0 aromatic heterocycles. The molecule has 0 aliphatic heterocycles. The predicted molar refractivity (Wildman–Crippen MR) is 106 cm³/mol. The van der Waals surface area contributed by atoms with Crippen molar-refractivity contribution in [3.05, 3.63) is 54.1 Å². The predicted octanol–water partition coefficient (Wildman–Crippen LogP) is 7.35. The molecule has 0 spiro atoms. The summed E-state index contributed by atoms with van der Waals surface area (Å²) in [5.74, 6) is -0.894. The number of carbonyl (C=O) groups is 1. The number of rotatable bonds is 7. The Morgan fingerprint density at radius 2 is 1.62 bits per heavy atom. The van der Waals surface area contributed by atoms with Crippen LogP contribution in [0.3, 0.4) is 0 Å². The number of primary amides is 1. The van der Waals surface area contributed by atoms with Gasteiger partial charge in [-0.05, 0) is 46.3 Å². The van der Waals surface area contributed by atoms with Gasteiger partial charge in [-0.3, -0.25) is 4.79 Å². The van der Waals surface area contributed by atoms with Crippen molar-refractivity contribution in [2.45, 2.75) is 14.7 Å². The Labute approximate surface area is 177 Å². The Bertz CT molecular complexity index is 966. The second kappa shape index (κ2) is 6.77. The molecule has 0 saturated carbocycles. The van der Waals surface area contributed by atoms with Gasteiger partial charge in [0.25, 0.3) is 4.58 Å². The van der Waals surface area contributed by atoms with E-state index in [1.807, 2.05) is 0 Å². The molecule has 2 rings (SSSR count). The van der Waals surface area contributed by atoms with Crippen molar-refractivity contribution in [2.75, 3.05) is 10.6 Å². The molecule has 2 aromatic rings. The molecular weight excluding hydrogens is 561 g/mol. The molecule has 0 bridgehead atoms. The lowest BCUT2D eigenvalue weighted by Gasteiger charge is -2.56. The van der Waals surface area contributed by atoms with Crippen LogP contribution in [0.1, 0.15) is 10.4 Å². The highest BCUT2D eigenvalue weighted by atomic mass is 79.9. The zero-order chi connectivity index (χ0) is 22.4. The summed E-state index contributed by atoms with van der Waals surface area (Å²) in [4.78, 5) is 8.86. The van der Waals surface area contributed by atoms with Crippen LogP contribution in [0.2, 0.25) is 0 Å². The van der Waals surface area contributed by atoms with Gasteiger partial charge in [-0.2, -0.15) is 8.78 Å². The van der Waals surface area contributed by atoms with E-state index in [0.717, 1.165) is 12.1 Å². The summed E-state index contributed by atoms with van der Waals surface area (Å²) >= 11 is 3.86. The number of nitrogens with one attached hydrogen (secondary N) is 1. The number of hydrogen-bond acceptors (Lipinski definition) is 2. The molecule has 0 saturated heterocycles. The van der Waals surface area contributed by atoms with Crippen molar-refractivity contribution in [1.29, 1.82) is 0 Å². The number of amides is 1. The number of halogens is 9. The SMILES string of the molecule is NC(=O)c1cccc(Nc2ccccc2S(F)(F)(F)(F)C(F)(F)C(F)(Br)CBr)c1. The summed E-state index contributed by atoms with van der Waals surface area (Å²) in [6, 6.07) is 7.30. The fourth-order valence-corrected chi connectivity index (χ4v) is 5.73. The molecular formula is C16H13Br2F7N2OS. The summed E-state index contributed by atoms with van der Waals surface area (Å²) in [6.07, 6.45) is 0. The van der Waals surface area contributed by atoms with E-state index in [-0.39, 0.29) is 17.3 Å². The van der Waals surface area contributed by atoms with E-state index < -0.39 is 41.5 Å². The maximum Gasteiger partial charge on any atom is 0.401 e. The molecule has 0 aliphatic rings. The molecule has 0 fully saturated rings. The first-order valence-electron chi connectivity index (χ1n) is 7.54. The van der Waals surface area contributed by atoms with E-state index in [1.165, 1.54) is 18.2 Å². The van der Waals surface area contributed by atoms with E-state index in [9.17, 15) is 33.5 Å². The van der Waals surface area contributed by atoms with Crippen LogP contribution >= 0.6 is 41.7 Å². The number of hydrogen-bond donors (Lipinski definition) is 2. The first-order chi connectivity index (χ1) is 13.0. The Kier molecular flexibility index (Phi) is 5.56. The molecule has 3 N–H and O–H groups in total. The minimum atomic E-state index is -10.6. The lowest BCUT2D eigenvalue weighted by molar-refractivity contribution is -0.0252. The largest absolute Gasteiger partial charge is 0.401 e. The zero-order valence-electron chi connectivity index (χ0n) is 14.1. The van der Waals surface area contributed by atoms with Crippen LogP contribution < -0.4 is 11.1 Å². The average Bonchev–Trinajstić information content (AvgIpc) is 2.61. The van der Waals surface area contributed by atoms with Gasteiger partial charge in [0, 0.05) is 11.3 Å². The van der Waals surface area contributed by atoms with Gasteiger partial charge in [-0.1, -0.05) is 34.1 Å². The molecule has 0 heterocycles. The van der Waals surface area contributed by atoms with Gasteiger partial charge in [-0.15, -0.1) is 15.5 Å². The van der Waals surface area contributed by atoms with Crippen LogP contribution in [0.4, 0.5) is 40.1 Å². The summed E-state index contributed by atoms with van der Waals surface area (Å²) in [5, 5.41) is -5.81. The lowest BCUT2D eigenvalue weighted by Crippen LogP contribution is -2.51. The van der Waals surface area contributed by atoms with Gasteiger partial charge in [0.05, 0.1) is 11.0 Å². The number of nitrogens with two attached hydrogens (primary N) is 1. The first-order valence-corrected chi connectivity index (χ1v) is 11.5. The molecule has 162 valence electrons. The fourth-order valence-electron chi connectivity index (χ4n) is 2.35. The second-order valence-electron chi connectivity index (χ2n) is 5.99. The Hall–Kier alpha value is -1.47. The molecule has 0 radical (unpaired) electrons. The first kappa shape index (κ1) is 23.8. The van der Waals surface area contributed by atoms with Crippen LogP contribution in [-0.2, 0) is 0 Å². The molecule has 29 heavy (non-hydrogen) atoms. The lowest BCUT2D eigenvalue weighted by atomic mass is 10.2. The van der Waals surface area contributed by atoms with Crippen LogP contribution in [0.15, 0.2) is 53.4 Å². The monoisotopic (exact) mass is 572 g/mol. The summed E-state index contributed by atoms with van der Waals surface area (Å²) < 4.78 is 97.5. The third-order valence-electron chi connectivity index (χ3n) is 3.87. The van der Waals surface area contributed by atoms with Crippen LogP contribution in [0.5, 0.6) is 0 Å². The van der Waals surface area contributed by atoms with Gasteiger partial charge in [0.15, 0.2) is 0 Å². The second-order valence-corrected chi connectivity index (χ2v) is 10.9. The summed E-state index contributed by atoms with van der Waals surface area (Å²) in [5.41, 5.74) is 3.75. The minimum absolute atomic E-state index is 0.0903. The minimum Gasteiger partial charge on any atom is -0.366 e. The molecule has 13 heteroatoms. The molecule has 0 aliphatic carbocycles. The maximum absolute atomic E-state index is 14.8. The number of benzene rings is 2. The van der Waals surface area contributed by atoms with Crippen molar-refractivity contribution in [3.8, 4) is 0 Å². The van der Waals surface area contributed by atoms with Crippen LogP contribution in [0.25, 0.3) is 0 Å². The normalized spacial score (nSPS) is 17.0. The van der Waals surface area contributed by atoms with Crippen molar-refractivity contribution >= 4 is 59.0 Å². The van der Waals surface area contributed by atoms with Gasteiger partial charge in [0.2, 0.25) is 15.7 Å². The highest BCUT2D eigenvalue weighted by Gasteiger charge is 2.89. The molecule has 2 aromatic carbocycles. The summed E-state index contributed by atoms with van der Waals surface area (Å²) in [6.45, 7) is 0. The Balaban J connectivity index is 2.70. The molecule has 1 amide bonds. The van der Waals surface area contributed by atoms with Gasteiger partial charge in [0.1, 0.15) is 4.90 Å². The van der Waals surface area contributed by atoms with Gasteiger partial charge in [-0.25, -0.2) is 4.39 Å². The van der Waals surface area contributed by atoms with E-state index >= 15 is 0 Å². The third-order valence-corrected chi connectivity index (χ3v) is 9.03. The van der Waals surface area contributed by atoms with Gasteiger partial charge >= 0.3 is 5.25 Å². The maximum atomic E-state index is 14.8.